The van der Waals surface area contributed by atoms with E-state index in [2.05, 4.69) is 5.32 Å². The number of benzene rings is 2. The van der Waals surface area contributed by atoms with Crippen molar-refractivity contribution in [3.8, 4) is 17.2 Å². The summed E-state index contributed by atoms with van der Waals surface area (Å²) >= 11 is 0. The third-order valence-electron chi connectivity index (χ3n) is 5.16. The van der Waals surface area contributed by atoms with Gasteiger partial charge in [-0.1, -0.05) is 12.1 Å². The zero-order valence-corrected chi connectivity index (χ0v) is 19.4. The van der Waals surface area contributed by atoms with Gasteiger partial charge in [0.05, 0.1) is 25.7 Å². The first-order valence-electron chi connectivity index (χ1n) is 10.3. The van der Waals surface area contributed by atoms with Crippen molar-refractivity contribution in [1.82, 2.24) is 14.5 Å². The summed E-state index contributed by atoms with van der Waals surface area (Å²) < 4.78 is 43.4. The number of rotatable bonds is 8. The van der Waals surface area contributed by atoms with Crippen molar-refractivity contribution >= 4 is 16.1 Å². The maximum atomic E-state index is 13.0. The van der Waals surface area contributed by atoms with Crippen molar-refractivity contribution < 1.29 is 27.4 Å². The fraction of sp³-hybridized carbons (Fsp3) is 0.409. The second-order valence-electron chi connectivity index (χ2n) is 7.30. The van der Waals surface area contributed by atoms with Crippen LogP contribution in [0.3, 0.4) is 0 Å². The summed E-state index contributed by atoms with van der Waals surface area (Å²) in [6.45, 7) is 3.72. The Morgan fingerprint density at radius 1 is 1.00 bits per heavy atom. The van der Waals surface area contributed by atoms with E-state index >= 15 is 0 Å². The van der Waals surface area contributed by atoms with E-state index in [1.807, 2.05) is 31.2 Å². The van der Waals surface area contributed by atoms with E-state index in [1.54, 1.807) is 11.0 Å². The van der Waals surface area contributed by atoms with Gasteiger partial charge in [0.25, 0.3) is 0 Å². The molecule has 10 heteroatoms. The number of nitrogens with zero attached hydrogens (tertiary/aromatic N) is 2. The van der Waals surface area contributed by atoms with Crippen LogP contribution in [0.25, 0.3) is 0 Å². The lowest BCUT2D eigenvalue weighted by Crippen LogP contribution is -2.53. The van der Waals surface area contributed by atoms with Crippen LogP contribution in [-0.4, -0.2) is 77.2 Å². The summed E-state index contributed by atoms with van der Waals surface area (Å²) in [5.41, 5.74) is 1.10. The average molecular weight is 464 g/mol. The van der Waals surface area contributed by atoms with Crippen LogP contribution >= 0.6 is 0 Å². The van der Waals surface area contributed by atoms with Gasteiger partial charge >= 0.3 is 6.03 Å². The van der Waals surface area contributed by atoms with Crippen molar-refractivity contribution in [2.45, 2.75) is 11.8 Å². The molecule has 1 N–H and O–H groups in total. The van der Waals surface area contributed by atoms with E-state index < -0.39 is 10.0 Å². The van der Waals surface area contributed by atoms with Gasteiger partial charge in [0.2, 0.25) is 10.0 Å². The van der Waals surface area contributed by atoms with Crippen LogP contribution in [0.15, 0.2) is 47.4 Å². The molecule has 1 heterocycles. The highest BCUT2D eigenvalue weighted by Crippen LogP contribution is 2.30. The zero-order chi connectivity index (χ0) is 23.1. The van der Waals surface area contributed by atoms with Gasteiger partial charge in [-0.3, -0.25) is 0 Å². The van der Waals surface area contributed by atoms with Gasteiger partial charge in [0.1, 0.15) is 12.4 Å². The monoisotopic (exact) mass is 463 g/mol. The number of carbonyl (C=O) groups is 1. The number of hydrogen-bond donors (Lipinski definition) is 1. The predicted molar refractivity (Wildman–Crippen MR) is 120 cm³/mol. The van der Waals surface area contributed by atoms with E-state index in [0.29, 0.717) is 37.7 Å². The van der Waals surface area contributed by atoms with Crippen molar-refractivity contribution in [3.05, 3.63) is 48.0 Å². The third-order valence-corrected chi connectivity index (χ3v) is 7.05. The molecule has 9 nitrogen and oxygen atoms in total. The highest BCUT2D eigenvalue weighted by Gasteiger charge is 2.30. The van der Waals surface area contributed by atoms with Crippen molar-refractivity contribution in [3.63, 3.8) is 0 Å². The number of methoxy groups -OCH3 is 2. The van der Waals surface area contributed by atoms with Crippen LogP contribution in [0.1, 0.15) is 5.56 Å². The van der Waals surface area contributed by atoms with Crippen LogP contribution < -0.4 is 19.5 Å². The first-order chi connectivity index (χ1) is 15.3. The number of ether oxygens (including phenoxy) is 3. The van der Waals surface area contributed by atoms with Crippen LogP contribution in [-0.2, 0) is 10.0 Å². The molecule has 1 aliphatic heterocycles. The number of hydrogen-bond acceptors (Lipinski definition) is 6. The average Bonchev–Trinajstić information content (AvgIpc) is 2.81. The lowest BCUT2D eigenvalue weighted by molar-refractivity contribution is 0.170. The van der Waals surface area contributed by atoms with Gasteiger partial charge in [-0.25, -0.2) is 13.2 Å². The zero-order valence-electron chi connectivity index (χ0n) is 18.5. The standard InChI is InChI=1S/C22H29N3O6S/c1-17-5-4-6-18(15-17)31-14-9-23-22(26)24-10-12-25(13-11-24)32(27,28)19-7-8-20(29-2)21(16-19)30-3/h4-8,15-16H,9-14H2,1-3H3,(H,23,26). The number of piperazine rings is 1. The van der Waals surface area contributed by atoms with Gasteiger partial charge in [-0.05, 0) is 36.8 Å². The Morgan fingerprint density at radius 2 is 1.72 bits per heavy atom. The molecule has 2 aromatic rings. The lowest BCUT2D eigenvalue weighted by Gasteiger charge is -2.34. The minimum absolute atomic E-state index is 0.126. The smallest absolute Gasteiger partial charge is 0.317 e. The molecule has 174 valence electrons. The molecule has 1 fully saturated rings. The summed E-state index contributed by atoms with van der Waals surface area (Å²) in [6.07, 6.45) is 0. The minimum Gasteiger partial charge on any atom is -0.493 e. The molecule has 0 aliphatic carbocycles. The molecule has 0 unspecified atom stereocenters. The van der Waals surface area contributed by atoms with Gasteiger partial charge in [-0.2, -0.15) is 4.31 Å². The Morgan fingerprint density at radius 3 is 2.38 bits per heavy atom. The van der Waals surface area contributed by atoms with Crippen molar-refractivity contribution in [1.29, 1.82) is 0 Å². The number of carbonyl (C=O) groups excluding carboxylic acids is 1. The van der Waals surface area contributed by atoms with E-state index in [-0.39, 0.29) is 24.0 Å². The Hall–Kier alpha value is -2.98. The van der Waals surface area contributed by atoms with Crippen molar-refractivity contribution in [2.24, 2.45) is 0 Å². The number of sulfonamides is 1. The van der Waals surface area contributed by atoms with E-state index in [1.165, 1.54) is 30.7 Å². The molecule has 0 saturated carbocycles. The fourth-order valence-corrected chi connectivity index (χ4v) is 4.84. The maximum Gasteiger partial charge on any atom is 0.317 e. The first-order valence-corrected chi connectivity index (χ1v) is 11.7. The second kappa shape index (κ2) is 10.6. The summed E-state index contributed by atoms with van der Waals surface area (Å²) in [5, 5.41) is 2.81. The Labute approximate surface area is 188 Å². The first kappa shape index (κ1) is 23.7. The number of aryl methyl sites for hydroxylation is 1. The van der Waals surface area contributed by atoms with Gasteiger partial charge in [0, 0.05) is 32.2 Å². The maximum absolute atomic E-state index is 13.0. The third kappa shape index (κ3) is 5.63. The summed E-state index contributed by atoms with van der Waals surface area (Å²) in [7, 11) is -0.757. The topological polar surface area (TPSA) is 97.4 Å². The Bertz CT molecular complexity index is 1040. The summed E-state index contributed by atoms with van der Waals surface area (Å²) in [6, 6.07) is 12.0. The number of nitrogens with one attached hydrogen (secondary N) is 1. The van der Waals surface area contributed by atoms with Crippen LogP contribution in [0, 0.1) is 6.92 Å². The Balaban J connectivity index is 1.49. The minimum atomic E-state index is -3.70. The molecule has 0 radical (unpaired) electrons. The highest BCUT2D eigenvalue weighted by molar-refractivity contribution is 7.89. The molecule has 1 aliphatic rings. The fourth-order valence-electron chi connectivity index (χ4n) is 3.40. The highest BCUT2D eigenvalue weighted by atomic mass is 32.2. The molecule has 0 aromatic heterocycles. The molecule has 0 spiro atoms. The largest absolute Gasteiger partial charge is 0.493 e. The molecule has 2 aromatic carbocycles. The SMILES string of the molecule is COc1ccc(S(=O)(=O)N2CCN(C(=O)NCCOc3cccc(C)c3)CC2)cc1OC. The molecule has 32 heavy (non-hydrogen) atoms. The summed E-state index contributed by atoms with van der Waals surface area (Å²) in [4.78, 5) is 14.1. The molecule has 1 saturated heterocycles. The lowest BCUT2D eigenvalue weighted by atomic mass is 10.2. The van der Waals surface area contributed by atoms with Crippen LogP contribution in [0.5, 0.6) is 17.2 Å². The molecule has 0 atom stereocenters. The molecule has 3 rings (SSSR count). The summed E-state index contributed by atoms with van der Waals surface area (Å²) in [5.74, 6) is 1.56. The number of urea groups is 1. The van der Waals surface area contributed by atoms with E-state index in [0.717, 1.165) is 11.3 Å². The molecular formula is C22H29N3O6S. The Kier molecular flexibility index (Phi) is 7.81. The van der Waals surface area contributed by atoms with Crippen LogP contribution in [0.2, 0.25) is 0 Å². The second-order valence-corrected chi connectivity index (χ2v) is 9.24. The molecule has 0 bridgehead atoms. The van der Waals surface area contributed by atoms with Crippen LogP contribution in [0.4, 0.5) is 4.79 Å². The van der Waals surface area contributed by atoms with Gasteiger partial charge in [0.15, 0.2) is 11.5 Å². The van der Waals surface area contributed by atoms with Gasteiger partial charge < -0.3 is 24.4 Å². The van der Waals surface area contributed by atoms with Crippen molar-refractivity contribution in [2.75, 3.05) is 53.6 Å². The van der Waals surface area contributed by atoms with Gasteiger partial charge in [-0.15, -0.1) is 0 Å². The number of amides is 2. The van der Waals surface area contributed by atoms with E-state index in [9.17, 15) is 13.2 Å². The van der Waals surface area contributed by atoms with E-state index in [4.69, 9.17) is 14.2 Å². The normalized spacial score (nSPS) is 14.7. The molecular weight excluding hydrogens is 434 g/mol. The quantitative estimate of drug-likeness (QED) is 0.603. The molecule has 2 amide bonds. The predicted octanol–water partition coefficient (Wildman–Crippen LogP) is 2.11.